The Morgan fingerprint density at radius 1 is 1.50 bits per heavy atom. The van der Waals surface area contributed by atoms with Crippen LogP contribution >= 0.6 is 11.6 Å². The van der Waals surface area contributed by atoms with E-state index >= 15 is 0 Å². The summed E-state index contributed by atoms with van der Waals surface area (Å²) in [7, 11) is 4.04. The Morgan fingerprint density at radius 3 is 2.67 bits per heavy atom. The third-order valence-corrected chi connectivity index (χ3v) is 4.84. The molecule has 0 saturated heterocycles. The first kappa shape index (κ1) is 13.9. The third-order valence-electron chi connectivity index (χ3n) is 4.35. The van der Waals surface area contributed by atoms with Gasteiger partial charge in [-0.15, -0.1) is 0 Å². The first-order chi connectivity index (χ1) is 8.52. The Bertz CT molecular complexity index is 413. The van der Waals surface area contributed by atoms with Gasteiger partial charge in [-0.2, -0.15) is 5.10 Å². The van der Waals surface area contributed by atoms with Crippen LogP contribution in [0.15, 0.2) is 0 Å². The van der Waals surface area contributed by atoms with Gasteiger partial charge in [0.25, 0.3) is 0 Å². The summed E-state index contributed by atoms with van der Waals surface area (Å²) in [6.07, 6.45) is 5.01. The smallest absolute Gasteiger partial charge is 0.0847 e. The molecule has 4 heteroatoms. The van der Waals surface area contributed by atoms with Crippen molar-refractivity contribution in [2.45, 2.75) is 45.6 Å². The van der Waals surface area contributed by atoms with Crippen LogP contribution in [0.5, 0.6) is 0 Å². The van der Waals surface area contributed by atoms with Crippen LogP contribution < -0.4 is 5.32 Å². The Labute approximate surface area is 115 Å². The van der Waals surface area contributed by atoms with E-state index in [1.54, 1.807) is 0 Å². The number of hydrogen-bond acceptors (Lipinski definition) is 2. The van der Waals surface area contributed by atoms with Crippen LogP contribution in [-0.4, -0.2) is 22.9 Å². The molecule has 0 bridgehead atoms. The van der Waals surface area contributed by atoms with E-state index in [1.165, 1.54) is 19.3 Å². The summed E-state index contributed by atoms with van der Waals surface area (Å²) in [6.45, 7) is 4.33. The Morgan fingerprint density at radius 2 is 2.22 bits per heavy atom. The van der Waals surface area contributed by atoms with Crippen LogP contribution in [0, 0.1) is 18.8 Å². The minimum Gasteiger partial charge on any atom is -0.316 e. The highest BCUT2D eigenvalue weighted by molar-refractivity contribution is 6.31. The lowest BCUT2D eigenvalue weighted by Crippen LogP contribution is -2.35. The molecular formula is C14H24ClN3. The number of nitrogens with one attached hydrogen (secondary N) is 1. The first-order valence-corrected chi connectivity index (χ1v) is 7.26. The summed E-state index contributed by atoms with van der Waals surface area (Å²) in [4.78, 5) is 0. The molecule has 1 N–H and O–H groups in total. The fourth-order valence-corrected chi connectivity index (χ4v) is 3.47. The van der Waals surface area contributed by atoms with Crippen molar-refractivity contribution in [1.29, 1.82) is 0 Å². The Balaban J connectivity index is 2.10. The van der Waals surface area contributed by atoms with Crippen molar-refractivity contribution in [3.05, 3.63) is 16.4 Å². The van der Waals surface area contributed by atoms with Gasteiger partial charge in [-0.1, -0.05) is 24.9 Å². The minimum atomic E-state index is 0.516. The summed E-state index contributed by atoms with van der Waals surface area (Å²) in [5.74, 6) is 1.64. The second kappa shape index (κ2) is 5.62. The van der Waals surface area contributed by atoms with E-state index in [9.17, 15) is 0 Å². The Kier molecular flexibility index (Phi) is 4.33. The lowest BCUT2D eigenvalue weighted by Gasteiger charge is -2.23. The van der Waals surface area contributed by atoms with E-state index in [2.05, 4.69) is 24.4 Å². The average molecular weight is 270 g/mol. The van der Waals surface area contributed by atoms with Crippen LogP contribution in [0.2, 0.25) is 5.02 Å². The van der Waals surface area contributed by atoms with Gasteiger partial charge in [0, 0.05) is 19.5 Å². The predicted molar refractivity (Wildman–Crippen MR) is 76.0 cm³/mol. The molecule has 0 amide bonds. The molecule has 0 spiro atoms. The quantitative estimate of drug-likeness (QED) is 0.911. The number of hydrogen-bond donors (Lipinski definition) is 1. The van der Waals surface area contributed by atoms with E-state index in [4.69, 9.17) is 11.6 Å². The first-order valence-electron chi connectivity index (χ1n) is 6.88. The van der Waals surface area contributed by atoms with Gasteiger partial charge in [-0.25, -0.2) is 0 Å². The van der Waals surface area contributed by atoms with Gasteiger partial charge in [0.2, 0.25) is 0 Å². The fraction of sp³-hybridized carbons (Fsp3) is 0.786. The normalized spacial score (nSPS) is 25.6. The van der Waals surface area contributed by atoms with Crippen molar-refractivity contribution in [2.75, 3.05) is 7.05 Å². The highest BCUT2D eigenvalue weighted by atomic mass is 35.5. The molecule has 1 heterocycles. The van der Waals surface area contributed by atoms with Gasteiger partial charge < -0.3 is 5.32 Å². The van der Waals surface area contributed by atoms with Crippen molar-refractivity contribution in [3.63, 3.8) is 0 Å². The molecule has 1 fully saturated rings. The maximum absolute atomic E-state index is 6.34. The Hall–Kier alpha value is -0.540. The molecule has 0 aromatic carbocycles. The highest BCUT2D eigenvalue weighted by Gasteiger charge is 2.29. The summed E-state index contributed by atoms with van der Waals surface area (Å²) < 4.78 is 1.93. The van der Waals surface area contributed by atoms with Gasteiger partial charge in [-0.05, 0) is 38.6 Å². The maximum atomic E-state index is 6.34. The standard InChI is InChI=1S/C14H24ClN3/c1-9-5-6-11(7-9)12(16-3)8-13-14(15)10(2)17-18(13)4/h9,11-12,16H,5-8H2,1-4H3. The number of likely N-dealkylation sites (N-methyl/N-ethyl adjacent to an activating group) is 1. The molecule has 18 heavy (non-hydrogen) atoms. The van der Waals surface area contributed by atoms with Gasteiger partial charge in [0.1, 0.15) is 0 Å². The van der Waals surface area contributed by atoms with Crippen LogP contribution in [0.25, 0.3) is 0 Å². The van der Waals surface area contributed by atoms with E-state index in [1.807, 2.05) is 18.7 Å². The van der Waals surface area contributed by atoms with Crippen LogP contribution in [0.4, 0.5) is 0 Å². The molecule has 1 aliphatic carbocycles. The molecule has 2 rings (SSSR count). The number of halogens is 1. The SMILES string of the molecule is CNC(Cc1c(Cl)c(C)nn1C)C1CCC(C)C1. The van der Waals surface area contributed by atoms with Crippen LogP contribution in [0.1, 0.15) is 37.6 Å². The average Bonchev–Trinajstić information content (AvgIpc) is 2.84. The van der Waals surface area contributed by atoms with E-state index in [-0.39, 0.29) is 0 Å². The molecule has 3 nitrogen and oxygen atoms in total. The monoisotopic (exact) mass is 269 g/mol. The molecule has 3 atom stereocenters. The molecule has 0 radical (unpaired) electrons. The number of aryl methyl sites for hydroxylation is 2. The van der Waals surface area contributed by atoms with E-state index < -0.39 is 0 Å². The van der Waals surface area contributed by atoms with Crippen molar-refractivity contribution < 1.29 is 0 Å². The molecule has 102 valence electrons. The predicted octanol–water partition coefficient (Wildman–Crippen LogP) is 2.95. The zero-order valence-electron chi connectivity index (χ0n) is 11.8. The lowest BCUT2D eigenvalue weighted by molar-refractivity contribution is 0.362. The van der Waals surface area contributed by atoms with Crippen molar-refractivity contribution >= 4 is 11.6 Å². The number of nitrogens with zero attached hydrogens (tertiary/aromatic N) is 2. The molecule has 1 aliphatic rings. The molecule has 3 unspecified atom stereocenters. The summed E-state index contributed by atoms with van der Waals surface area (Å²) >= 11 is 6.34. The zero-order chi connectivity index (χ0) is 13.3. The number of aromatic nitrogens is 2. The van der Waals surface area contributed by atoms with Gasteiger partial charge in [0.05, 0.1) is 16.4 Å². The van der Waals surface area contributed by atoms with E-state index in [0.717, 1.165) is 34.7 Å². The fourth-order valence-electron chi connectivity index (χ4n) is 3.23. The maximum Gasteiger partial charge on any atom is 0.0847 e. The summed E-state index contributed by atoms with van der Waals surface area (Å²) in [5.41, 5.74) is 2.09. The van der Waals surface area contributed by atoms with Gasteiger partial charge in [0.15, 0.2) is 0 Å². The third kappa shape index (κ3) is 2.72. The summed E-state index contributed by atoms with van der Waals surface area (Å²) in [5, 5.41) is 8.71. The van der Waals surface area contributed by atoms with Crippen molar-refractivity contribution in [1.82, 2.24) is 15.1 Å². The lowest BCUT2D eigenvalue weighted by atomic mass is 9.93. The van der Waals surface area contributed by atoms with Gasteiger partial charge >= 0.3 is 0 Å². The topological polar surface area (TPSA) is 29.9 Å². The number of rotatable bonds is 4. The largest absolute Gasteiger partial charge is 0.316 e. The van der Waals surface area contributed by atoms with Crippen LogP contribution in [0.3, 0.4) is 0 Å². The van der Waals surface area contributed by atoms with Gasteiger partial charge in [-0.3, -0.25) is 4.68 Å². The molecule has 1 aromatic rings. The molecule has 0 aliphatic heterocycles. The molecule has 1 saturated carbocycles. The second-order valence-corrected chi connectivity index (χ2v) is 6.13. The highest BCUT2D eigenvalue weighted by Crippen LogP contribution is 2.34. The molecule has 1 aromatic heterocycles. The van der Waals surface area contributed by atoms with Crippen LogP contribution in [-0.2, 0) is 13.5 Å². The summed E-state index contributed by atoms with van der Waals surface area (Å²) in [6, 6.07) is 0.516. The van der Waals surface area contributed by atoms with E-state index in [0.29, 0.717) is 6.04 Å². The second-order valence-electron chi connectivity index (χ2n) is 5.75. The molecular weight excluding hydrogens is 246 g/mol. The van der Waals surface area contributed by atoms with Crippen molar-refractivity contribution in [3.8, 4) is 0 Å². The van der Waals surface area contributed by atoms with Crippen molar-refractivity contribution in [2.24, 2.45) is 18.9 Å². The minimum absolute atomic E-state index is 0.516. The zero-order valence-corrected chi connectivity index (χ0v) is 12.6.